The third-order valence-electron chi connectivity index (χ3n) is 1.61. The molecule has 0 saturated carbocycles. The minimum atomic E-state index is -0.541. The second-order valence-electron chi connectivity index (χ2n) is 2.51. The Kier molecular flexibility index (Phi) is 2.15. The summed E-state index contributed by atoms with van der Waals surface area (Å²) in [4.78, 5) is 11.1. The average molecular weight is 164 g/mol. The Balaban J connectivity index is 3.04. The SMILES string of the molecule is CC1=C(C#N)C(=O)NC(O)=CC1. The Morgan fingerprint density at radius 3 is 3.00 bits per heavy atom. The van der Waals surface area contributed by atoms with Gasteiger partial charge in [0.2, 0.25) is 0 Å². The van der Waals surface area contributed by atoms with E-state index in [2.05, 4.69) is 5.32 Å². The van der Waals surface area contributed by atoms with Crippen LogP contribution in [-0.4, -0.2) is 11.0 Å². The van der Waals surface area contributed by atoms with E-state index in [9.17, 15) is 4.79 Å². The third-order valence-corrected chi connectivity index (χ3v) is 1.61. The third kappa shape index (κ3) is 1.45. The number of aliphatic hydroxyl groups is 1. The van der Waals surface area contributed by atoms with Crippen LogP contribution in [-0.2, 0) is 4.79 Å². The van der Waals surface area contributed by atoms with Crippen LogP contribution in [0.5, 0.6) is 0 Å². The van der Waals surface area contributed by atoms with E-state index in [1.165, 1.54) is 6.08 Å². The number of nitrogens with one attached hydrogen (secondary N) is 1. The lowest BCUT2D eigenvalue weighted by Crippen LogP contribution is -2.22. The highest BCUT2D eigenvalue weighted by Crippen LogP contribution is 2.12. The van der Waals surface area contributed by atoms with Gasteiger partial charge in [-0.1, -0.05) is 0 Å². The van der Waals surface area contributed by atoms with Crippen LogP contribution in [0.3, 0.4) is 0 Å². The van der Waals surface area contributed by atoms with E-state index in [4.69, 9.17) is 10.4 Å². The Bertz CT molecular complexity index is 320. The number of allylic oxidation sites excluding steroid dienone is 2. The molecule has 4 heteroatoms. The van der Waals surface area contributed by atoms with Crippen molar-refractivity contribution in [2.75, 3.05) is 0 Å². The van der Waals surface area contributed by atoms with Crippen LogP contribution in [0.4, 0.5) is 0 Å². The van der Waals surface area contributed by atoms with Gasteiger partial charge >= 0.3 is 0 Å². The molecule has 2 N–H and O–H groups in total. The van der Waals surface area contributed by atoms with Crippen LogP contribution in [0.1, 0.15) is 13.3 Å². The lowest BCUT2D eigenvalue weighted by molar-refractivity contribution is -0.117. The maximum atomic E-state index is 11.1. The van der Waals surface area contributed by atoms with Gasteiger partial charge in [-0.05, 0) is 25.0 Å². The summed E-state index contributed by atoms with van der Waals surface area (Å²) >= 11 is 0. The number of hydrogen-bond acceptors (Lipinski definition) is 3. The number of nitrogens with zero attached hydrogens (tertiary/aromatic N) is 1. The number of carbonyl (C=O) groups is 1. The van der Waals surface area contributed by atoms with Crippen molar-refractivity contribution < 1.29 is 9.90 Å². The summed E-state index contributed by atoms with van der Waals surface area (Å²) in [5.74, 6) is -0.731. The molecule has 0 atom stereocenters. The van der Waals surface area contributed by atoms with E-state index in [-0.39, 0.29) is 11.5 Å². The topological polar surface area (TPSA) is 73.1 Å². The minimum absolute atomic E-state index is 0.0790. The molecule has 1 aliphatic rings. The zero-order chi connectivity index (χ0) is 9.14. The Labute approximate surface area is 69.8 Å². The molecule has 0 spiro atoms. The van der Waals surface area contributed by atoms with E-state index in [1.807, 2.05) is 0 Å². The molecule has 1 rings (SSSR count). The summed E-state index contributed by atoms with van der Waals surface area (Å²) in [5, 5.41) is 19.7. The van der Waals surface area contributed by atoms with E-state index in [1.54, 1.807) is 13.0 Å². The molecular weight excluding hydrogens is 156 g/mol. The number of hydrogen-bond donors (Lipinski definition) is 2. The van der Waals surface area contributed by atoms with Crippen LogP contribution < -0.4 is 5.32 Å². The summed E-state index contributed by atoms with van der Waals surface area (Å²) in [7, 11) is 0. The van der Waals surface area contributed by atoms with Gasteiger partial charge in [0.05, 0.1) is 0 Å². The van der Waals surface area contributed by atoms with Crippen molar-refractivity contribution in [1.29, 1.82) is 5.26 Å². The highest BCUT2D eigenvalue weighted by atomic mass is 16.3. The van der Waals surface area contributed by atoms with Gasteiger partial charge in [0.15, 0.2) is 5.88 Å². The van der Waals surface area contributed by atoms with Crippen LogP contribution in [0.15, 0.2) is 23.1 Å². The molecule has 0 fully saturated rings. The molecule has 12 heavy (non-hydrogen) atoms. The first kappa shape index (κ1) is 8.34. The number of rotatable bonds is 0. The van der Waals surface area contributed by atoms with Crippen molar-refractivity contribution in [3.63, 3.8) is 0 Å². The molecule has 0 aromatic carbocycles. The molecule has 0 radical (unpaired) electrons. The maximum absolute atomic E-state index is 11.1. The van der Waals surface area contributed by atoms with Crippen molar-refractivity contribution in [3.05, 3.63) is 23.1 Å². The lowest BCUT2D eigenvalue weighted by atomic mass is 10.1. The Morgan fingerprint density at radius 2 is 2.42 bits per heavy atom. The van der Waals surface area contributed by atoms with Crippen molar-refractivity contribution >= 4 is 5.91 Å². The maximum Gasteiger partial charge on any atom is 0.268 e. The van der Waals surface area contributed by atoms with Crippen molar-refractivity contribution in [2.45, 2.75) is 13.3 Å². The fraction of sp³-hybridized carbons (Fsp3) is 0.250. The van der Waals surface area contributed by atoms with Crippen LogP contribution in [0.2, 0.25) is 0 Å². The highest BCUT2D eigenvalue weighted by molar-refractivity contribution is 5.99. The van der Waals surface area contributed by atoms with Gasteiger partial charge in [-0.25, -0.2) is 0 Å². The smallest absolute Gasteiger partial charge is 0.268 e. The molecule has 4 nitrogen and oxygen atoms in total. The largest absolute Gasteiger partial charge is 0.495 e. The molecule has 62 valence electrons. The van der Waals surface area contributed by atoms with Crippen LogP contribution in [0, 0.1) is 11.3 Å². The fourth-order valence-corrected chi connectivity index (χ4v) is 0.922. The molecule has 0 saturated heterocycles. The van der Waals surface area contributed by atoms with Gasteiger partial charge in [-0.15, -0.1) is 0 Å². The second kappa shape index (κ2) is 3.09. The Morgan fingerprint density at radius 1 is 1.75 bits per heavy atom. The molecule has 0 aliphatic carbocycles. The molecule has 1 heterocycles. The first-order valence-electron chi connectivity index (χ1n) is 3.45. The second-order valence-corrected chi connectivity index (χ2v) is 2.51. The van der Waals surface area contributed by atoms with Gasteiger partial charge in [0, 0.05) is 0 Å². The number of carbonyl (C=O) groups excluding carboxylic acids is 1. The monoisotopic (exact) mass is 164 g/mol. The summed E-state index contributed by atoms with van der Waals surface area (Å²) in [5.41, 5.74) is 0.745. The van der Waals surface area contributed by atoms with Gasteiger partial charge < -0.3 is 5.11 Å². The predicted octanol–water partition coefficient (Wildman–Crippen LogP) is 0.746. The molecule has 0 bridgehead atoms. The summed E-state index contributed by atoms with van der Waals surface area (Å²) in [6.07, 6.45) is 1.88. The van der Waals surface area contributed by atoms with Gasteiger partial charge in [-0.2, -0.15) is 5.26 Å². The molecule has 0 aromatic heterocycles. The van der Waals surface area contributed by atoms with Crippen LogP contribution >= 0.6 is 0 Å². The van der Waals surface area contributed by atoms with Gasteiger partial charge in [-0.3, -0.25) is 10.1 Å². The molecule has 0 aromatic rings. The Hall–Kier alpha value is -1.76. The molecule has 0 unspecified atom stereocenters. The van der Waals surface area contributed by atoms with E-state index in [0.29, 0.717) is 12.0 Å². The van der Waals surface area contributed by atoms with Crippen molar-refractivity contribution in [2.24, 2.45) is 0 Å². The summed E-state index contributed by atoms with van der Waals surface area (Å²) in [6, 6.07) is 1.79. The average Bonchev–Trinajstić information content (AvgIpc) is 2.12. The quantitative estimate of drug-likeness (QED) is 0.554. The van der Waals surface area contributed by atoms with Crippen molar-refractivity contribution in [1.82, 2.24) is 5.32 Å². The first-order valence-corrected chi connectivity index (χ1v) is 3.45. The van der Waals surface area contributed by atoms with Gasteiger partial charge in [0.25, 0.3) is 5.91 Å². The van der Waals surface area contributed by atoms with Crippen LogP contribution in [0.25, 0.3) is 0 Å². The molecule has 1 amide bonds. The zero-order valence-electron chi connectivity index (χ0n) is 6.59. The van der Waals surface area contributed by atoms with E-state index >= 15 is 0 Å². The molecular formula is C8H8N2O2. The highest BCUT2D eigenvalue weighted by Gasteiger charge is 2.15. The van der Waals surface area contributed by atoms with Gasteiger partial charge in [0.1, 0.15) is 11.6 Å². The normalized spacial score (nSPS) is 17.7. The zero-order valence-corrected chi connectivity index (χ0v) is 6.59. The van der Waals surface area contributed by atoms with E-state index < -0.39 is 5.91 Å². The first-order chi connectivity index (χ1) is 5.65. The summed E-state index contributed by atoms with van der Waals surface area (Å²) < 4.78 is 0. The number of nitriles is 1. The number of amides is 1. The number of aliphatic hydroxyl groups excluding tert-OH is 1. The standard InChI is InChI=1S/C8H8N2O2/c1-5-2-3-7(11)10-8(12)6(5)4-9/h3,11H,2H2,1H3,(H,10,12). The lowest BCUT2D eigenvalue weighted by Gasteiger charge is -1.98. The summed E-state index contributed by atoms with van der Waals surface area (Å²) in [6.45, 7) is 1.69. The van der Waals surface area contributed by atoms with E-state index in [0.717, 1.165) is 0 Å². The predicted molar refractivity (Wildman–Crippen MR) is 41.8 cm³/mol. The van der Waals surface area contributed by atoms with Crippen molar-refractivity contribution in [3.8, 4) is 6.07 Å². The molecule has 1 aliphatic heterocycles. The minimum Gasteiger partial charge on any atom is -0.495 e. The fourth-order valence-electron chi connectivity index (χ4n) is 0.922.